The van der Waals surface area contributed by atoms with E-state index in [9.17, 15) is 9.59 Å². The molecule has 1 aromatic heterocycles. The van der Waals surface area contributed by atoms with Gasteiger partial charge in [0.25, 0.3) is 0 Å². The Kier molecular flexibility index (Phi) is 5.22. The van der Waals surface area contributed by atoms with Crippen LogP contribution in [-0.4, -0.2) is 22.7 Å². The van der Waals surface area contributed by atoms with Gasteiger partial charge in [-0.25, -0.2) is 0 Å². The molecule has 0 saturated carbocycles. The van der Waals surface area contributed by atoms with Crippen molar-refractivity contribution in [1.29, 1.82) is 0 Å². The smallest absolute Gasteiger partial charge is 0.241 e. The third-order valence-corrected chi connectivity index (χ3v) is 4.92. The molecule has 1 amide bonds. The van der Waals surface area contributed by atoms with Crippen LogP contribution in [-0.2, 0) is 11.2 Å². The largest absolute Gasteiger partial charge is 0.361 e. The van der Waals surface area contributed by atoms with E-state index in [0.29, 0.717) is 23.2 Å². The molecule has 4 rings (SSSR count). The highest BCUT2D eigenvalue weighted by atomic mass is 16.2. The Morgan fingerprint density at radius 2 is 1.59 bits per heavy atom. The van der Waals surface area contributed by atoms with Crippen LogP contribution in [0.4, 0.5) is 5.69 Å². The first kappa shape index (κ1) is 18.7. The SMILES string of the molecule is N[C@@H](Cc1c[nH]c2ccccc12)C(=O)Nc1ccccc1C(=O)c1ccccc1. The Bertz CT molecular complexity index is 1160. The monoisotopic (exact) mass is 383 g/mol. The molecule has 0 spiro atoms. The number of carbonyl (C=O) groups is 2. The second kappa shape index (κ2) is 8.12. The molecule has 0 bridgehead atoms. The lowest BCUT2D eigenvalue weighted by Crippen LogP contribution is -2.37. The number of fused-ring (bicyclic) bond motifs is 1. The predicted octanol–water partition coefficient (Wildman–Crippen LogP) is 3.91. The van der Waals surface area contributed by atoms with E-state index in [1.54, 1.807) is 36.4 Å². The highest BCUT2D eigenvalue weighted by Crippen LogP contribution is 2.21. The van der Waals surface area contributed by atoms with Crippen molar-refractivity contribution in [3.05, 3.63) is 102 Å². The number of hydrogen-bond donors (Lipinski definition) is 3. The summed E-state index contributed by atoms with van der Waals surface area (Å²) in [6, 6.07) is 23.1. The summed E-state index contributed by atoms with van der Waals surface area (Å²) < 4.78 is 0. The van der Waals surface area contributed by atoms with E-state index in [2.05, 4.69) is 10.3 Å². The van der Waals surface area contributed by atoms with Gasteiger partial charge in [-0.3, -0.25) is 9.59 Å². The van der Waals surface area contributed by atoms with Gasteiger partial charge in [0.05, 0.1) is 11.7 Å². The lowest BCUT2D eigenvalue weighted by molar-refractivity contribution is -0.117. The Labute approximate surface area is 168 Å². The average Bonchev–Trinajstić information content (AvgIpc) is 3.17. The summed E-state index contributed by atoms with van der Waals surface area (Å²) >= 11 is 0. The summed E-state index contributed by atoms with van der Waals surface area (Å²) in [5.74, 6) is -0.477. The predicted molar refractivity (Wildman–Crippen MR) is 115 cm³/mol. The number of rotatable bonds is 6. The van der Waals surface area contributed by atoms with Gasteiger partial charge in [-0.05, 0) is 30.2 Å². The number of ketones is 1. The molecule has 0 aliphatic rings. The number of nitrogens with one attached hydrogen (secondary N) is 2. The first-order valence-electron chi connectivity index (χ1n) is 9.43. The molecule has 5 heteroatoms. The van der Waals surface area contributed by atoms with Gasteiger partial charge in [0.1, 0.15) is 0 Å². The second-order valence-corrected chi connectivity index (χ2v) is 6.90. The molecule has 0 saturated heterocycles. The molecule has 1 heterocycles. The molecule has 5 nitrogen and oxygen atoms in total. The van der Waals surface area contributed by atoms with Crippen LogP contribution >= 0.6 is 0 Å². The molecule has 0 fully saturated rings. The van der Waals surface area contributed by atoms with Crippen LogP contribution in [0.15, 0.2) is 85.1 Å². The number of aromatic amines is 1. The minimum Gasteiger partial charge on any atom is -0.361 e. The fraction of sp³-hybridized carbons (Fsp3) is 0.0833. The highest BCUT2D eigenvalue weighted by molar-refractivity contribution is 6.14. The first-order valence-corrected chi connectivity index (χ1v) is 9.43. The van der Waals surface area contributed by atoms with Crippen LogP contribution in [0.2, 0.25) is 0 Å². The minimum atomic E-state index is -0.742. The van der Waals surface area contributed by atoms with Gasteiger partial charge in [-0.2, -0.15) is 0 Å². The Hall–Kier alpha value is -3.70. The van der Waals surface area contributed by atoms with Crippen molar-refractivity contribution in [3.63, 3.8) is 0 Å². The van der Waals surface area contributed by atoms with Crippen LogP contribution in [0, 0.1) is 0 Å². The summed E-state index contributed by atoms with van der Waals surface area (Å²) in [5, 5.41) is 3.88. The van der Waals surface area contributed by atoms with Gasteiger partial charge in [-0.15, -0.1) is 0 Å². The normalized spacial score (nSPS) is 11.9. The number of aromatic nitrogens is 1. The number of anilines is 1. The van der Waals surface area contributed by atoms with E-state index in [4.69, 9.17) is 5.73 Å². The summed E-state index contributed by atoms with van der Waals surface area (Å²) in [4.78, 5) is 28.8. The number of benzene rings is 3. The average molecular weight is 383 g/mol. The summed E-state index contributed by atoms with van der Waals surface area (Å²) in [6.07, 6.45) is 2.27. The van der Waals surface area contributed by atoms with Crippen LogP contribution in [0.25, 0.3) is 10.9 Å². The van der Waals surface area contributed by atoms with Gasteiger partial charge in [0.15, 0.2) is 5.78 Å². The van der Waals surface area contributed by atoms with Crippen LogP contribution in [0.3, 0.4) is 0 Å². The lowest BCUT2D eigenvalue weighted by atomic mass is 10.0. The van der Waals surface area contributed by atoms with Crippen LogP contribution in [0.1, 0.15) is 21.5 Å². The highest BCUT2D eigenvalue weighted by Gasteiger charge is 2.19. The number of H-pyrrole nitrogens is 1. The van der Waals surface area contributed by atoms with Crippen molar-refractivity contribution in [2.24, 2.45) is 5.73 Å². The summed E-state index contributed by atoms with van der Waals surface area (Å²) in [6.45, 7) is 0. The van der Waals surface area contributed by atoms with E-state index >= 15 is 0 Å². The van der Waals surface area contributed by atoms with E-state index in [0.717, 1.165) is 16.5 Å². The zero-order valence-corrected chi connectivity index (χ0v) is 15.8. The third-order valence-electron chi connectivity index (χ3n) is 4.92. The van der Waals surface area contributed by atoms with Gasteiger partial charge in [0.2, 0.25) is 5.91 Å². The van der Waals surface area contributed by atoms with Crippen molar-refractivity contribution in [2.75, 3.05) is 5.32 Å². The molecule has 0 unspecified atom stereocenters. The van der Waals surface area contributed by atoms with Crippen LogP contribution in [0.5, 0.6) is 0 Å². The maximum atomic E-state index is 12.8. The van der Waals surface area contributed by atoms with E-state index in [-0.39, 0.29) is 11.7 Å². The molecule has 4 N–H and O–H groups in total. The van der Waals surface area contributed by atoms with Crippen molar-refractivity contribution < 1.29 is 9.59 Å². The van der Waals surface area contributed by atoms with Gasteiger partial charge < -0.3 is 16.0 Å². The lowest BCUT2D eigenvalue weighted by Gasteiger charge is -2.14. The molecular weight excluding hydrogens is 362 g/mol. The van der Waals surface area contributed by atoms with Gasteiger partial charge >= 0.3 is 0 Å². The molecule has 29 heavy (non-hydrogen) atoms. The number of amides is 1. The number of para-hydroxylation sites is 2. The maximum Gasteiger partial charge on any atom is 0.241 e. The number of hydrogen-bond acceptors (Lipinski definition) is 3. The zero-order chi connectivity index (χ0) is 20.2. The maximum absolute atomic E-state index is 12.8. The van der Waals surface area contributed by atoms with Crippen molar-refractivity contribution in [1.82, 2.24) is 4.98 Å². The standard InChI is InChI=1S/C24H21N3O2/c25-20(14-17-15-26-21-12-6-4-10-18(17)21)24(29)27-22-13-7-5-11-19(22)23(28)16-8-2-1-3-9-16/h1-13,15,20,26H,14,25H2,(H,27,29)/t20-/m0/s1. The second-order valence-electron chi connectivity index (χ2n) is 6.90. The molecular formula is C24H21N3O2. The first-order chi connectivity index (χ1) is 14.1. The quantitative estimate of drug-likeness (QED) is 0.441. The van der Waals surface area contributed by atoms with Gasteiger partial charge in [-0.1, -0.05) is 60.7 Å². The summed E-state index contributed by atoms with van der Waals surface area (Å²) in [7, 11) is 0. The molecule has 4 aromatic rings. The van der Waals surface area contributed by atoms with Gasteiger partial charge in [0, 0.05) is 28.2 Å². The molecule has 144 valence electrons. The Morgan fingerprint density at radius 3 is 2.41 bits per heavy atom. The topological polar surface area (TPSA) is 88.0 Å². The van der Waals surface area contributed by atoms with Crippen molar-refractivity contribution >= 4 is 28.3 Å². The molecule has 1 atom stereocenters. The van der Waals surface area contributed by atoms with E-state index < -0.39 is 6.04 Å². The Balaban J connectivity index is 1.52. The zero-order valence-electron chi connectivity index (χ0n) is 15.8. The molecule has 0 aliphatic carbocycles. The van der Waals surface area contributed by atoms with E-state index in [1.165, 1.54) is 0 Å². The fourth-order valence-corrected chi connectivity index (χ4v) is 3.39. The van der Waals surface area contributed by atoms with Crippen molar-refractivity contribution in [3.8, 4) is 0 Å². The van der Waals surface area contributed by atoms with E-state index in [1.807, 2.05) is 48.7 Å². The van der Waals surface area contributed by atoms with Crippen molar-refractivity contribution in [2.45, 2.75) is 12.5 Å². The number of carbonyl (C=O) groups excluding carboxylic acids is 2. The molecule has 3 aromatic carbocycles. The summed E-state index contributed by atoms with van der Waals surface area (Å²) in [5.41, 5.74) is 9.63. The third kappa shape index (κ3) is 3.95. The molecule has 0 radical (unpaired) electrons. The Morgan fingerprint density at radius 1 is 0.897 bits per heavy atom. The fourth-order valence-electron chi connectivity index (χ4n) is 3.39. The minimum absolute atomic E-state index is 0.147. The van der Waals surface area contributed by atoms with Crippen LogP contribution < -0.4 is 11.1 Å². The number of nitrogens with two attached hydrogens (primary N) is 1. The molecule has 0 aliphatic heterocycles.